The number of nitrogens with one attached hydrogen (secondary N) is 1. The number of rotatable bonds is 11. The van der Waals surface area contributed by atoms with Crippen LogP contribution < -0.4 is 10.2 Å². The third-order valence-corrected chi connectivity index (χ3v) is 7.30. The summed E-state index contributed by atoms with van der Waals surface area (Å²) in [4.78, 5) is 17.5. The highest BCUT2D eigenvalue weighted by atomic mass is 35.5. The van der Waals surface area contributed by atoms with Crippen LogP contribution in [0.2, 0.25) is 10.0 Å². The number of nitrogens with zero attached hydrogens (tertiary/aromatic N) is 3. The van der Waals surface area contributed by atoms with E-state index in [-0.39, 0.29) is 5.91 Å². The van der Waals surface area contributed by atoms with Crippen LogP contribution in [0.4, 0.5) is 5.69 Å². The Hall–Kier alpha value is -1.73. The number of amides is 1. The van der Waals surface area contributed by atoms with E-state index in [0.717, 1.165) is 82.0 Å². The molecule has 0 aliphatic carbocycles. The number of benzene rings is 1. The first-order chi connectivity index (χ1) is 15.9. The second-order valence-corrected chi connectivity index (χ2v) is 9.44. The van der Waals surface area contributed by atoms with Gasteiger partial charge in [0.1, 0.15) is 0 Å². The second kappa shape index (κ2) is 12.7. The number of halogens is 2. The zero-order chi connectivity index (χ0) is 23.8. The van der Waals surface area contributed by atoms with Gasteiger partial charge in [0.25, 0.3) is 5.91 Å². The molecule has 1 saturated heterocycles. The predicted octanol–water partition coefficient (Wildman–Crippen LogP) is 4.55. The van der Waals surface area contributed by atoms with Crippen molar-refractivity contribution in [3.8, 4) is 0 Å². The molecule has 1 amide bonds. The van der Waals surface area contributed by atoms with Crippen LogP contribution in [0.25, 0.3) is 0 Å². The van der Waals surface area contributed by atoms with E-state index < -0.39 is 0 Å². The average molecular weight is 495 g/mol. The molecule has 0 spiro atoms. The lowest BCUT2D eigenvalue weighted by molar-refractivity contribution is 0.0950. The van der Waals surface area contributed by atoms with Crippen LogP contribution in [-0.2, 0) is 18.2 Å². The molecule has 1 aromatic heterocycles. The minimum Gasteiger partial charge on any atom is -0.385 e. The summed E-state index contributed by atoms with van der Waals surface area (Å²) in [6.07, 6.45) is 3.98. The van der Waals surface area contributed by atoms with Crippen molar-refractivity contribution >= 4 is 34.8 Å². The van der Waals surface area contributed by atoms with Gasteiger partial charge in [-0.25, -0.2) is 0 Å². The van der Waals surface area contributed by atoms with Crippen LogP contribution in [0.1, 0.15) is 41.0 Å². The Kier molecular flexibility index (Phi) is 9.93. The number of anilines is 1. The number of hydrogen-bond acceptors (Lipinski definition) is 4. The van der Waals surface area contributed by atoms with Crippen molar-refractivity contribution in [2.75, 3.05) is 57.9 Å². The number of aryl methyl sites for hydroxylation is 1. The molecule has 3 rings (SSSR count). The molecule has 1 fully saturated rings. The summed E-state index contributed by atoms with van der Waals surface area (Å²) in [5, 5.41) is 4.33. The van der Waals surface area contributed by atoms with Crippen molar-refractivity contribution in [1.29, 1.82) is 0 Å². The molecular formula is C25H36Cl2N4O2. The molecule has 0 unspecified atom stereocenters. The summed E-state index contributed by atoms with van der Waals surface area (Å²) in [7, 11) is 3.76. The van der Waals surface area contributed by atoms with E-state index in [0.29, 0.717) is 16.6 Å². The minimum absolute atomic E-state index is 0.0201. The monoisotopic (exact) mass is 494 g/mol. The van der Waals surface area contributed by atoms with Crippen molar-refractivity contribution < 1.29 is 9.53 Å². The molecule has 1 N–H and O–H groups in total. The maximum atomic E-state index is 12.7. The van der Waals surface area contributed by atoms with Gasteiger partial charge >= 0.3 is 0 Å². The highest BCUT2D eigenvalue weighted by molar-refractivity contribution is 6.43. The molecule has 182 valence electrons. The SMILES string of the molecule is COCCCCc1cc(C(=O)NCCCN2CCN(c3cccc(Cl)c3Cl)CC2)c(C)n1C. The molecule has 33 heavy (non-hydrogen) atoms. The molecule has 2 aromatic rings. The molecule has 6 nitrogen and oxygen atoms in total. The number of piperazine rings is 1. The fraction of sp³-hybridized carbons (Fsp3) is 0.560. The Morgan fingerprint density at radius 2 is 1.88 bits per heavy atom. The molecule has 1 aromatic carbocycles. The van der Waals surface area contributed by atoms with Crippen molar-refractivity contribution in [3.05, 3.63) is 51.3 Å². The number of carbonyl (C=O) groups is 1. The maximum Gasteiger partial charge on any atom is 0.253 e. The Morgan fingerprint density at radius 3 is 2.61 bits per heavy atom. The second-order valence-electron chi connectivity index (χ2n) is 8.65. The lowest BCUT2D eigenvalue weighted by atomic mass is 10.1. The zero-order valence-electron chi connectivity index (χ0n) is 20.0. The normalized spacial score (nSPS) is 14.6. The molecule has 1 aliphatic rings. The quantitative estimate of drug-likeness (QED) is 0.465. The maximum absolute atomic E-state index is 12.7. The summed E-state index contributed by atoms with van der Waals surface area (Å²) in [5.74, 6) is 0.0201. The van der Waals surface area contributed by atoms with Crippen LogP contribution in [-0.4, -0.2) is 68.4 Å². The van der Waals surface area contributed by atoms with Gasteiger partial charge in [0.15, 0.2) is 0 Å². The number of ether oxygens (including phenoxy) is 1. The van der Waals surface area contributed by atoms with Gasteiger partial charge in [-0.1, -0.05) is 29.3 Å². The number of hydrogen-bond donors (Lipinski definition) is 1. The molecule has 0 saturated carbocycles. The van der Waals surface area contributed by atoms with Crippen LogP contribution in [0.3, 0.4) is 0 Å². The summed E-state index contributed by atoms with van der Waals surface area (Å²) < 4.78 is 7.26. The van der Waals surface area contributed by atoms with Gasteiger partial charge in [-0.3, -0.25) is 9.69 Å². The van der Waals surface area contributed by atoms with Gasteiger partial charge in [0.2, 0.25) is 0 Å². The van der Waals surface area contributed by atoms with Crippen molar-refractivity contribution in [1.82, 2.24) is 14.8 Å². The molecule has 0 bridgehead atoms. The summed E-state index contributed by atoms with van der Waals surface area (Å²) in [5.41, 5.74) is 4.01. The van der Waals surface area contributed by atoms with E-state index in [1.165, 1.54) is 5.69 Å². The molecule has 2 heterocycles. The highest BCUT2D eigenvalue weighted by Crippen LogP contribution is 2.32. The number of carbonyl (C=O) groups excluding carboxylic acids is 1. The summed E-state index contributed by atoms with van der Waals surface area (Å²) in [6.45, 7) is 8.22. The molecule has 8 heteroatoms. The Bertz CT molecular complexity index is 923. The van der Waals surface area contributed by atoms with Gasteiger partial charge in [0, 0.05) is 64.9 Å². The molecule has 0 radical (unpaired) electrons. The Balaban J connectivity index is 1.39. The topological polar surface area (TPSA) is 49.7 Å². The lowest BCUT2D eigenvalue weighted by Crippen LogP contribution is -2.47. The predicted molar refractivity (Wildman–Crippen MR) is 137 cm³/mol. The number of unbranched alkanes of at least 4 members (excludes halogenated alkanes) is 1. The smallest absolute Gasteiger partial charge is 0.253 e. The van der Waals surface area contributed by atoms with Gasteiger partial charge < -0.3 is 19.5 Å². The standard InChI is InChI=1S/C25H36Cl2N4O2/c1-19-21(18-20(29(19)2)8-4-5-17-33-3)25(32)28-11-7-12-30-13-15-31(16-14-30)23-10-6-9-22(26)24(23)27/h6,9-10,18H,4-5,7-8,11-17H2,1-3H3,(H,28,32). The van der Waals surface area contributed by atoms with Crippen LogP contribution in [0, 0.1) is 6.92 Å². The number of methoxy groups -OCH3 is 1. The highest BCUT2D eigenvalue weighted by Gasteiger charge is 2.20. The van der Waals surface area contributed by atoms with E-state index in [9.17, 15) is 4.79 Å². The molecular weight excluding hydrogens is 459 g/mol. The van der Waals surface area contributed by atoms with Gasteiger partial charge in [-0.05, 0) is 57.4 Å². The average Bonchev–Trinajstić information content (AvgIpc) is 3.10. The van der Waals surface area contributed by atoms with Gasteiger partial charge in [-0.15, -0.1) is 0 Å². The van der Waals surface area contributed by atoms with E-state index in [4.69, 9.17) is 27.9 Å². The molecule has 1 aliphatic heterocycles. The van der Waals surface area contributed by atoms with Gasteiger partial charge in [-0.2, -0.15) is 0 Å². The third-order valence-electron chi connectivity index (χ3n) is 6.49. The summed E-state index contributed by atoms with van der Waals surface area (Å²) >= 11 is 12.5. The number of aromatic nitrogens is 1. The van der Waals surface area contributed by atoms with E-state index >= 15 is 0 Å². The van der Waals surface area contributed by atoms with Crippen LogP contribution in [0.15, 0.2) is 24.3 Å². The largest absolute Gasteiger partial charge is 0.385 e. The van der Waals surface area contributed by atoms with Crippen LogP contribution in [0.5, 0.6) is 0 Å². The minimum atomic E-state index is 0.0201. The zero-order valence-corrected chi connectivity index (χ0v) is 21.5. The molecule has 0 atom stereocenters. The van der Waals surface area contributed by atoms with E-state index in [1.54, 1.807) is 7.11 Å². The van der Waals surface area contributed by atoms with Crippen molar-refractivity contribution in [2.45, 2.75) is 32.6 Å². The Labute approximate surface area is 207 Å². The Morgan fingerprint density at radius 1 is 1.12 bits per heavy atom. The lowest BCUT2D eigenvalue weighted by Gasteiger charge is -2.36. The fourth-order valence-corrected chi connectivity index (χ4v) is 4.75. The van der Waals surface area contributed by atoms with Crippen LogP contribution >= 0.6 is 23.2 Å². The van der Waals surface area contributed by atoms with Crippen molar-refractivity contribution in [3.63, 3.8) is 0 Å². The van der Waals surface area contributed by atoms with E-state index in [2.05, 4.69) is 19.7 Å². The first-order valence-corrected chi connectivity index (χ1v) is 12.5. The van der Waals surface area contributed by atoms with Gasteiger partial charge in [0.05, 0.1) is 21.3 Å². The van der Waals surface area contributed by atoms with Crippen molar-refractivity contribution in [2.24, 2.45) is 7.05 Å². The first kappa shape index (κ1) is 25.9. The fourth-order valence-electron chi connectivity index (χ4n) is 4.34. The summed E-state index contributed by atoms with van der Waals surface area (Å²) in [6, 6.07) is 7.82. The third kappa shape index (κ3) is 6.89. The van der Waals surface area contributed by atoms with E-state index in [1.807, 2.05) is 38.2 Å². The first-order valence-electron chi connectivity index (χ1n) is 11.8.